The van der Waals surface area contributed by atoms with Gasteiger partial charge in [0, 0.05) is 0 Å². The molecular weight excluding hydrogens is 215 g/mol. The summed E-state index contributed by atoms with van der Waals surface area (Å²) in [6.07, 6.45) is 6.79. The molecule has 0 aromatic rings. The van der Waals surface area contributed by atoms with Gasteiger partial charge in [-0.25, -0.2) is 4.57 Å². The first-order valence-electron chi connectivity index (χ1n) is 5.80. The Balaban J connectivity index is 2.50. The van der Waals surface area contributed by atoms with Gasteiger partial charge in [0.2, 0.25) is 0 Å². The van der Waals surface area contributed by atoms with Crippen LogP contribution in [0.5, 0.6) is 0 Å². The molecule has 90 valence electrons. The zero-order valence-electron chi connectivity index (χ0n) is 9.35. The number of hydrogen-bond acceptors (Lipinski definition) is 3. The van der Waals surface area contributed by atoms with E-state index in [4.69, 9.17) is 9.05 Å². The van der Waals surface area contributed by atoms with E-state index in [0.717, 1.165) is 32.1 Å². The van der Waals surface area contributed by atoms with Crippen molar-refractivity contribution in [2.24, 2.45) is 0 Å². The van der Waals surface area contributed by atoms with Crippen LogP contribution < -0.4 is 0 Å². The molecule has 0 radical (unpaired) electrons. The predicted octanol–water partition coefficient (Wildman–Crippen LogP) is 3.25. The highest BCUT2D eigenvalue weighted by Crippen LogP contribution is 2.46. The van der Waals surface area contributed by atoms with Crippen LogP contribution in [0.1, 0.15) is 51.9 Å². The fourth-order valence-electron chi connectivity index (χ4n) is 1.73. The Morgan fingerprint density at radius 1 is 1.27 bits per heavy atom. The molecule has 0 aromatic heterocycles. The number of hydrogen-bond donors (Lipinski definition) is 1. The lowest BCUT2D eigenvalue weighted by molar-refractivity contribution is 0.0966. The SMILES string of the molecule is CCC1CCCCCCCOP(=O)(O)O1. The van der Waals surface area contributed by atoms with E-state index in [1.165, 1.54) is 12.8 Å². The van der Waals surface area contributed by atoms with Gasteiger partial charge in [0.1, 0.15) is 0 Å². The molecule has 0 bridgehead atoms. The summed E-state index contributed by atoms with van der Waals surface area (Å²) >= 11 is 0. The smallest absolute Gasteiger partial charge is 0.302 e. The van der Waals surface area contributed by atoms with Crippen LogP contribution in [0.2, 0.25) is 0 Å². The lowest BCUT2D eigenvalue weighted by Gasteiger charge is -2.18. The van der Waals surface area contributed by atoms with Gasteiger partial charge in [0.15, 0.2) is 0 Å². The third kappa shape index (κ3) is 5.67. The van der Waals surface area contributed by atoms with Gasteiger partial charge in [-0.05, 0) is 19.3 Å². The minimum absolute atomic E-state index is 0.140. The highest BCUT2D eigenvalue weighted by Gasteiger charge is 2.25. The van der Waals surface area contributed by atoms with Crippen molar-refractivity contribution in [1.29, 1.82) is 0 Å². The first kappa shape index (κ1) is 13.2. The Bertz CT molecular complexity index is 219. The second-order valence-corrected chi connectivity index (χ2v) is 5.40. The standard InChI is InChI=1S/C10H21O4P/c1-2-10-8-6-4-3-5-7-9-13-15(11,12)14-10/h10H,2-9H2,1H3,(H,11,12). The topological polar surface area (TPSA) is 55.8 Å². The van der Waals surface area contributed by atoms with Crippen LogP contribution in [-0.2, 0) is 13.6 Å². The average Bonchev–Trinajstić information content (AvgIpc) is 2.22. The molecule has 2 unspecified atom stereocenters. The van der Waals surface area contributed by atoms with Gasteiger partial charge < -0.3 is 4.89 Å². The van der Waals surface area contributed by atoms with E-state index >= 15 is 0 Å². The molecule has 1 heterocycles. The first-order chi connectivity index (χ1) is 7.14. The zero-order chi connectivity index (χ0) is 11.1. The minimum Gasteiger partial charge on any atom is -0.302 e. The molecule has 0 aromatic carbocycles. The highest BCUT2D eigenvalue weighted by atomic mass is 31.2. The van der Waals surface area contributed by atoms with Crippen molar-refractivity contribution in [3.63, 3.8) is 0 Å². The summed E-state index contributed by atoms with van der Waals surface area (Å²) in [5.74, 6) is 0. The fraction of sp³-hybridized carbons (Fsp3) is 1.00. The lowest BCUT2D eigenvalue weighted by atomic mass is 10.1. The van der Waals surface area contributed by atoms with Crippen LogP contribution in [0.3, 0.4) is 0 Å². The van der Waals surface area contributed by atoms with Gasteiger partial charge in [0.05, 0.1) is 12.7 Å². The average molecular weight is 236 g/mol. The predicted molar refractivity (Wildman–Crippen MR) is 58.6 cm³/mol. The first-order valence-corrected chi connectivity index (χ1v) is 7.29. The molecule has 0 spiro atoms. The summed E-state index contributed by atoms with van der Waals surface area (Å²) in [5, 5.41) is 0. The quantitative estimate of drug-likeness (QED) is 0.710. The summed E-state index contributed by atoms with van der Waals surface area (Å²) in [4.78, 5) is 9.40. The van der Waals surface area contributed by atoms with Crippen molar-refractivity contribution in [2.45, 2.75) is 58.0 Å². The molecule has 1 fully saturated rings. The highest BCUT2D eigenvalue weighted by molar-refractivity contribution is 7.47. The second kappa shape index (κ2) is 6.64. The van der Waals surface area contributed by atoms with Gasteiger partial charge >= 0.3 is 7.82 Å². The summed E-state index contributed by atoms with van der Waals surface area (Å²) in [6.45, 7) is 2.29. The van der Waals surface area contributed by atoms with Crippen LogP contribution >= 0.6 is 7.82 Å². The maximum absolute atomic E-state index is 11.5. The molecule has 4 nitrogen and oxygen atoms in total. The summed E-state index contributed by atoms with van der Waals surface area (Å²) < 4.78 is 21.5. The molecule has 5 heteroatoms. The molecule has 0 saturated carbocycles. The van der Waals surface area contributed by atoms with Crippen LogP contribution in [0, 0.1) is 0 Å². The van der Waals surface area contributed by atoms with Gasteiger partial charge in [0.25, 0.3) is 0 Å². The summed E-state index contributed by atoms with van der Waals surface area (Å²) in [6, 6.07) is 0. The molecule has 2 atom stereocenters. The Morgan fingerprint density at radius 3 is 2.67 bits per heavy atom. The van der Waals surface area contributed by atoms with Gasteiger partial charge in [-0.3, -0.25) is 9.05 Å². The fourth-order valence-corrected chi connectivity index (χ4v) is 2.79. The summed E-state index contributed by atoms with van der Waals surface area (Å²) in [5.41, 5.74) is 0. The second-order valence-electron chi connectivity index (χ2n) is 3.99. The molecule has 1 aliphatic heterocycles. The number of phosphoric ester groups is 1. The van der Waals surface area contributed by atoms with Crippen molar-refractivity contribution in [3.8, 4) is 0 Å². The normalized spacial score (nSPS) is 35.7. The van der Waals surface area contributed by atoms with E-state index in [1.54, 1.807) is 0 Å². The minimum atomic E-state index is -3.80. The molecule has 0 aliphatic carbocycles. The van der Waals surface area contributed by atoms with Crippen molar-refractivity contribution in [2.75, 3.05) is 6.61 Å². The maximum atomic E-state index is 11.5. The molecule has 0 amide bonds. The van der Waals surface area contributed by atoms with Crippen LogP contribution in [0.4, 0.5) is 0 Å². The largest absolute Gasteiger partial charge is 0.472 e. The van der Waals surface area contributed by atoms with Gasteiger partial charge in [-0.1, -0.05) is 32.6 Å². The number of phosphoric acid groups is 1. The zero-order valence-corrected chi connectivity index (χ0v) is 10.2. The van der Waals surface area contributed by atoms with Crippen molar-refractivity contribution in [1.82, 2.24) is 0 Å². The Labute approximate surface area is 91.6 Å². The summed E-state index contributed by atoms with van der Waals surface area (Å²) in [7, 11) is -3.80. The van der Waals surface area contributed by atoms with Gasteiger partial charge in [-0.2, -0.15) is 0 Å². The van der Waals surface area contributed by atoms with Gasteiger partial charge in [-0.15, -0.1) is 0 Å². The molecule has 1 rings (SSSR count). The molecule has 1 N–H and O–H groups in total. The monoisotopic (exact) mass is 236 g/mol. The lowest BCUT2D eigenvalue weighted by Crippen LogP contribution is -2.11. The van der Waals surface area contributed by atoms with Crippen molar-refractivity contribution >= 4 is 7.82 Å². The van der Waals surface area contributed by atoms with E-state index in [2.05, 4.69) is 0 Å². The number of rotatable bonds is 1. The Kier molecular flexibility index (Phi) is 5.83. The van der Waals surface area contributed by atoms with Crippen molar-refractivity contribution in [3.05, 3.63) is 0 Å². The van der Waals surface area contributed by atoms with Crippen molar-refractivity contribution < 1.29 is 18.5 Å². The van der Waals surface area contributed by atoms with E-state index in [1.807, 2.05) is 6.92 Å². The molecular formula is C10H21O4P. The molecule has 1 saturated heterocycles. The van der Waals surface area contributed by atoms with E-state index < -0.39 is 7.82 Å². The van der Waals surface area contributed by atoms with E-state index in [0.29, 0.717) is 6.61 Å². The third-order valence-corrected chi connectivity index (χ3v) is 3.74. The van der Waals surface area contributed by atoms with Crippen LogP contribution in [0.15, 0.2) is 0 Å². The van der Waals surface area contributed by atoms with E-state index in [-0.39, 0.29) is 6.10 Å². The van der Waals surface area contributed by atoms with E-state index in [9.17, 15) is 9.46 Å². The maximum Gasteiger partial charge on any atom is 0.472 e. The van der Waals surface area contributed by atoms with Crippen LogP contribution in [-0.4, -0.2) is 17.6 Å². The Hall–Kier alpha value is 0.110. The van der Waals surface area contributed by atoms with Crippen LogP contribution in [0.25, 0.3) is 0 Å². The molecule has 15 heavy (non-hydrogen) atoms. The molecule has 1 aliphatic rings. The Morgan fingerprint density at radius 2 is 1.93 bits per heavy atom. The third-order valence-electron chi connectivity index (χ3n) is 2.66.